The average Bonchev–Trinajstić information content (AvgIpc) is 2.13. The Bertz CT molecular complexity index is 382. The fraction of sp³-hybridized carbons (Fsp3) is 0.300. The van der Waals surface area contributed by atoms with Crippen molar-refractivity contribution in [1.29, 1.82) is 0 Å². The molecule has 0 heterocycles. The highest BCUT2D eigenvalue weighted by Gasteiger charge is 2.10. The van der Waals surface area contributed by atoms with E-state index < -0.39 is 0 Å². The third-order valence-electron chi connectivity index (χ3n) is 1.78. The van der Waals surface area contributed by atoms with Gasteiger partial charge in [0.1, 0.15) is 0 Å². The van der Waals surface area contributed by atoms with Crippen LogP contribution < -0.4 is 5.73 Å². The second kappa shape index (κ2) is 5.37. The Kier molecular flexibility index (Phi) is 4.42. The Morgan fingerprint density at radius 3 is 2.87 bits per heavy atom. The minimum absolute atomic E-state index is 0.135. The Morgan fingerprint density at radius 2 is 2.27 bits per heavy atom. The topological polar surface area (TPSA) is 52.3 Å². The van der Waals surface area contributed by atoms with Crippen LogP contribution in [0.4, 0.5) is 5.69 Å². The smallest absolute Gasteiger partial charge is 0.310 e. The monoisotopic (exact) mass is 291 g/mol. The number of hydrogen-bond acceptors (Lipinski definition) is 3. The first-order chi connectivity index (χ1) is 7.04. The summed E-state index contributed by atoms with van der Waals surface area (Å²) in [6.07, 6.45) is 0.135. The van der Waals surface area contributed by atoms with Crippen molar-refractivity contribution in [2.75, 3.05) is 12.3 Å². The van der Waals surface area contributed by atoms with Crippen LogP contribution in [-0.2, 0) is 16.0 Å². The van der Waals surface area contributed by atoms with E-state index in [0.29, 0.717) is 22.9 Å². The summed E-state index contributed by atoms with van der Waals surface area (Å²) in [6.45, 7) is 2.12. The van der Waals surface area contributed by atoms with E-state index >= 15 is 0 Å². The van der Waals surface area contributed by atoms with Crippen molar-refractivity contribution in [2.24, 2.45) is 0 Å². The van der Waals surface area contributed by atoms with Gasteiger partial charge in [-0.05, 0) is 24.6 Å². The van der Waals surface area contributed by atoms with E-state index in [1.165, 1.54) is 0 Å². The van der Waals surface area contributed by atoms with Crippen molar-refractivity contribution in [3.05, 3.63) is 27.2 Å². The van der Waals surface area contributed by atoms with E-state index in [-0.39, 0.29) is 12.4 Å². The molecule has 0 saturated heterocycles. The average molecular weight is 293 g/mol. The van der Waals surface area contributed by atoms with Gasteiger partial charge in [-0.3, -0.25) is 4.79 Å². The number of nitrogens with two attached hydrogens (primary N) is 1. The predicted octanol–water partition coefficient (Wildman–Crippen LogP) is 2.79. The number of benzene rings is 1. The minimum Gasteiger partial charge on any atom is -0.466 e. The molecule has 82 valence electrons. The first-order valence-corrected chi connectivity index (χ1v) is 5.60. The van der Waals surface area contributed by atoms with Gasteiger partial charge in [-0.1, -0.05) is 27.5 Å². The van der Waals surface area contributed by atoms with Crippen molar-refractivity contribution in [2.45, 2.75) is 13.3 Å². The highest BCUT2D eigenvalue weighted by atomic mass is 79.9. The molecule has 0 aromatic heterocycles. The number of esters is 1. The van der Waals surface area contributed by atoms with E-state index in [2.05, 4.69) is 15.9 Å². The molecule has 0 saturated carbocycles. The van der Waals surface area contributed by atoms with Crippen molar-refractivity contribution in [3.63, 3.8) is 0 Å². The molecule has 0 fully saturated rings. The Balaban J connectivity index is 2.89. The molecule has 15 heavy (non-hydrogen) atoms. The van der Waals surface area contributed by atoms with Crippen LogP contribution in [0.1, 0.15) is 12.5 Å². The molecule has 0 atom stereocenters. The fourth-order valence-corrected chi connectivity index (χ4v) is 1.86. The summed E-state index contributed by atoms with van der Waals surface area (Å²) in [5.41, 5.74) is 6.77. The number of carbonyl (C=O) groups is 1. The lowest BCUT2D eigenvalue weighted by Crippen LogP contribution is -2.08. The third kappa shape index (κ3) is 3.39. The number of anilines is 1. The summed E-state index contributed by atoms with van der Waals surface area (Å²) < 4.78 is 5.62. The lowest BCUT2D eigenvalue weighted by Gasteiger charge is -2.07. The Labute approximate surface area is 102 Å². The summed E-state index contributed by atoms with van der Waals surface area (Å²) in [6, 6.07) is 3.45. The van der Waals surface area contributed by atoms with Crippen LogP contribution in [0.2, 0.25) is 5.02 Å². The lowest BCUT2D eigenvalue weighted by molar-refractivity contribution is -0.142. The third-order valence-corrected chi connectivity index (χ3v) is 2.70. The predicted molar refractivity (Wildman–Crippen MR) is 63.9 cm³/mol. The van der Waals surface area contributed by atoms with Gasteiger partial charge in [-0.25, -0.2) is 0 Å². The van der Waals surface area contributed by atoms with Gasteiger partial charge in [0.05, 0.1) is 23.7 Å². The zero-order valence-electron chi connectivity index (χ0n) is 8.22. The standard InChI is InChI=1S/C10H11BrClNO2/c1-2-15-9(14)4-6-3-7(11)5-8(13)10(6)12/h3,5H,2,4,13H2,1H3. The quantitative estimate of drug-likeness (QED) is 0.688. The lowest BCUT2D eigenvalue weighted by atomic mass is 10.1. The van der Waals surface area contributed by atoms with E-state index in [1.807, 2.05) is 0 Å². The normalized spacial score (nSPS) is 10.1. The molecule has 0 radical (unpaired) electrons. The molecular weight excluding hydrogens is 281 g/mol. The van der Waals surface area contributed by atoms with Gasteiger partial charge in [-0.2, -0.15) is 0 Å². The van der Waals surface area contributed by atoms with E-state index in [0.717, 1.165) is 4.47 Å². The summed E-state index contributed by atoms with van der Waals surface area (Å²) in [5, 5.41) is 0.409. The first-order valence-electron chi connectivity index (χ1n) is 4.43. The largest absolute Gasteiger partial charge is 0.466 e. The first kappa shape index (κ1) is 12.3. The summed E-state index contributed by atoms with van der Waals surface area (Å²) in [7, 11) is 0. The summed E-state index contributed by atoms with van der Waals surface area (Å²) in [4.78, 5) is 11.3. The molecule has 2 N–H and O–H groups in total. The second-order valence-corrected chi connectivity index (χ2v) is 4.24. The zero-order chi connectivity index (χ0) is 11.4. The number of hydrogen-bond donors (Lipinski definition) is 1. The highest BCUT2D eigenvalue weighted by molar-refractivity contribution is 9.10. The van der Waals surface area contributed by atoms with Crippen LogP contribution >= 0.6 is 27.5 Å². The number of rotatable bonds is 3. The maximum absolute atomic E-state index is 11.3. The van der Waals surface area contributed by atoms with Crippen LogP contribution in [0, 0.1) is 0 Å². The number of nitrogen functional groups attached to an aromatic ring is 1. The van der Waals surface area contributed by atoms with Crippen LogP contribution in [0.15, 0.2) is 16.6 Å². The molecule has 1 rings (SSSR count). The van der Waals surface area contributed by atoms with E-state index in [9.17, 15) is 4.79 Å². The van der Waals surface area contributed by atoms with Gasteiger partial charge < -0.3 is 10.5 Å². The van der Waals surface area contributed by atoms with Crippen LogP contribution in [0.25, 0.3) is 0 Å². The number of halogens is 2. The maximum atomic E-state index is 11.3. The molecule has 0 spiro atoms. The van der Waals surface area contributed by atoms with Gasteiger partial charge in [0, 0.05) is 4.47 Å². The SMILES string of the molecule is CCOC(=O)Cc1cc(Br)cc(N)c1Cl. The van der Waals surface area contributed by atoms with Crippen molar-refractivity contribution in [3.8, 4) is 0 Å². The molecule has 0 amide bonds. The molecule has 0 bridgehead atoms. The van der Waals surface area contributed by atoms with Crippen molar-refractivity contribution in [1.82, 2.24) is 0 Å². The minimum atomic E-state index is -0.308. The number of carbonyl (C=O) groups excluding carboxylic acids is 1. The van der Waals surface area contributed by atoms with Gasteiger partial charge in [-0.15, -0.1) is 0 Å². The van der Waals surface area contributed by atoms with Gasteiger partial charge in [0.2, 0.25) is 0 Å². The zero-order valence-corrected chi connectivity index (χ0v) is 10.6. The molecule has 5 heteroatoms. The van der Waals surface area contributed by atoms with Gasteiger partial charge in [0.25, 0.3) is 0 Å². The summed E-state index contributed by atoms with van der Waals surface area (Å²) in [5.74, 6) is -0.308. The van der Waals surface area contributed by atoms with Crippen LogP contribution in [-0.4, -0.2) is 12.6 Å². The van der Waals surface area contributed by atoms with E-state index in [1.54, 1.807) is 19.1 Å². The molecule has 0 aliphatic carbocycles. The van der Waals surface area contributed by atoms with Gasteiger partial charge >= 0.3 is 5.97 Å². The molecule has 1 aromatic rings. The fourth-order valence-electron chi connectivity index (χ4n) is 1.16. The van der Waals surface area contributed by atoms with Gasteiger partial charge in [0.15, 0.2) is 0 Å². The molecule has 0 aliphatic rings. The van der Waals surface area contributed by atoms with Crippen LogP contribution in [0.3, 0.4) is 0 Å². The maximum Gasteiger partial charge on any atom is 0.310 e. The molecule has 0 unspecified atom stereocenters. The van der Waals surface area contributed by atoms with Crippen LogP contribution in [0.5, 0.6) is 0 Å². The second-order valence-electron chi connectivity index (χ2n) is 2.95. The van der Waals surface area contributed by atoms with Crippen molar-refractivity contribution >= 4 is 39.2 Å². The molecular formula is C10H11BrClNO2. The highest BCUT2D eigenvalue weighted by Crippen LogP contribution is 2.28. The molecule has 3 nitrogen and oxygen atoms in total. The Hall–Kier alpha value is -0.740. The van der Waals surface area contributed by atoms with E-state index in [4.69, 9.17) is 22.1 Å². The molecule has 1 aromatic carbocycles. The Morgan fingerprint density at radius 1 is 1.60 bits per heavy atom. The summed E-state index contributed by atoms with van der Waals surface area (Å²) >= 11 is 9.24. The number of ether oxygens (including phenoxy) is 1. The molecule has 0 aliphatic heterocycles. The van der Waals surface area contributed by atoms with Crippen molar-refractivity contribution < 1.29 is 9.53 Å².